The monoisotopic (exact) mass is 459 g/mol. The lowest BCUT2D eigenvalue weighted by Gasteiger charge is -2.22. The van der Waals surface area contributed by atoms with Crippen LogP contribution in [0.5, 0.6) is 0 Å². The van der Waals surface area contributed by atoms with E-state index in [9.17, 15) is 4.39 Å². The number of methoxy groups -OCH3 is 1. The fourth-order valence-corrected chi connectivity index (χ4v) is 3.94. The molecule has 1 atom stereocenters. The van der Waals surface area contributed by atoms with Crippen molar-refractivity contribution in [3.05, 3.63) is 34.9 Å². The molecule has 182 valence electrons. The Hall–Kier alpha value is -2.58. The molecule has 0 bridgehead atoms. The predicted octanol–water partition coefficient (Wildman–Crippen LogP) is 5.07. The zero-order valence-electron chi connectivity index (χ0n) is 21.0. The summed E-state index contributed by atoms with van der Waals surface area (Å²) in [7, 11) is 3.21. The van der Waals surface area contributed by atoms with Gasteiger partial charge in [-0.05, 0) is 69.3 Å². The zero-order valence-corrected chi connectivity index (χ0v) is 21.0. The van der Waals surface area contributed by atoms with Gasteiger partial charge in [-0.3, -0.25) is 0 Å². The van der Waals surface area contributed by atoms with E-state index in [1.165, 1.54) is 7.05 Å². The van der Waals surface area contributed by atoms with E-state index < -0.39 is 0 Å². The lowest BCUT2D eigenvalue weighted by atomic mass is 10.00. The molecule has 1 aromatic carbocycles. The number of aryl methyl sites for hydroxylation is 3. The van der Waals surface area contributed by atoms with Crippen LogP contribution in [-0.2, 0) is 11.2 Å². The number of nitrogens with two attached hydrogens (primary N) is 1. The quantitative estimate of drug-likeness (QED) is 0.570. The van der Waals surface area contributed by atoms with Crippen molar-refractivity contribution in [3.63, 3.8) is 0 Å². The predicted molar refractivity (Wildman–Crippen MR) is 132 cm³/mol. The van der Waals surface area contributed by atoms with Crippen LogP contribution < -0.4 is 10.6 Å². The summed E-state index contributed by atoms with van der Waals surface area (Å²) in [6.07, 6.45) is 2.99. The summed E-state index contributed by atoms with van der Waals surface area (Å²) in [6.45, 7) is 12.8. The van der Waals surface area contributed by atoms with Crippen LogP contribution in [0.2, 0.25) is 0 Å². The number of benzene rings is 1. The van der Waals surface area contributed by atoms with Gasteiger partial charge in [0.15, 0.2) is 5.82 Å². The number of hydrogen-bond donors (Lipinski definition) is 1. The van der Waals surface area contributed by atoms with E-state index in [1.807, 2.05) is 19.9 Å². The van der Waals surface area contributed by atoms with Crippen molar-refractivity contribution in [2.45, 2.75) is 53.9 Å². The van der Waals surface area contributed by atoms with Crippen LogP contribution in [0.1, 0.15) is 50.6 Å². The maximum absolute atomic E-state index is 14.8. The number of fused-ring (bicyclic) bond motifs is 1. The Morgan fingerprint density at radius 1 is 1.21 bits per heavy atom. The average molecular weight is 460 g/mol. The molecule has 0 radical (unpaired) electrons. The van der Waals surface area contributed by atoms with Crippen molar-refractivity contribution in [1.29, 1.82) is 0 Å². The van der Waals surface area contributed by atoms with E-state index in [4.69, 9.17) is 14.2 Å². The van der Waals surface area contributed by atoms with E-state index in [1.54, 1.807) is 20.1 Å². The van der Waals surface area contributed by atoms with Crippen molar-refractivity contribution in [2.24, 2.45) is 11.7 Å². The van der Waals surface area contributed by atoms with Crippen LogP contribution in [0.4, 0.5) is 10.2 Å². The van der Waals surface area contributed by atoms with Crippen molar-refractivity contribution in [2.75, 3.05) is 38.8 Å². The van der Waals surface area contributed by atoms with Gasteiger partial charge in [0.05, 0.1) is 5.56 Å². The van der Waals surface area contributed by atoms with Gasteiger partial charge in [-0.2, -0.15) is 4.98 Å². The number of halogens is 1. The van der Waals surface area contributed by atoms with Crippen LogP contribution in [0.15, 0.2) is 16.7 Å². The lowest BCUT2D eigenvalue weighted by molar-refractivity contribution is 0.199. The maximum Gasteiger partial charge on any atom is 0.261 e. The molecule has 0 amide bonds. The Balaban J connectivity index is 0.000000489. The molecular formula is C25H38FN5O2. The van der Waals surface area contributed by atoms with Crippen LogP contribution in [-0.4, -0.2) is 49.0 Å². The van der Waals surface area contributed by atoms with Gasteiger partial charge in [0.2, 0.25) is 0 Å². The Labute approximate surface area is 196 Å². The highest BCUT2D eigenvalue weighted by molar-refractivity contribution is 5.93. The molecule has 2 N–H and O–H groups in total. The molecule has 2 aromatic heterocycles. The molecule has 4 rings (SSSR count). The van der Waals surface area contributed by atoms with Gasteiger partial charge >= 0.3 is 0 Å². The molecule has 7 nitrogen and oxygen atoms in total. The standard InChI is InChI=1S/C20H23FN4O.C4H10O.CH5N/c1-5-14-8-15-12(3)17(20-22-13(4)24-26-20)19(23-18(15)16(21)9-14)25-7-6-11(2)10-25;1-3-4-5-2;1-2/h8-9,11H,5-7,10H2,1-4H3;3-4H2,1-2H3;2H2,1H3. The van der Waals surface area contributed by atoms with Crippen molar-refractivity contribution >= 4 is 16.7 Å². The van der Waals surface area contributed by atoms with Crippen molar-refractivity contribution in [3.8, 4) is 11.5 Å². The molecular weight excluding hydrogens is 421 g/mol. The summed E-state index contributed by atoms with van der Waals surface area (Å²) >= 11 is 0. The van der Waals surface area contributed by atoms with Crippen LogP contribution in [0, 0.1) is 25.6 Å². The fraction of sp³-hybridized carbons (Fsp3) is 0.560. The third kappa shape index (κ3) is 6.26. The first-order valence-electron chi connectivity index (χ1n) is 11.6. The molecule has 1 aliphatic rings. The normalized spacial score (nSPS) is 15.2. The van der Waals surface area contributed by atoms with E-state index in [0.29, 0.717) is 23.1 Å². The highest BCUT2D eigenvalue weighted by Gasteiger charge is 2.28. The number of anilines is 1. The summed E-state index contributed by atoms with van der Waals surface area (Å²) in [4.78, 5) is 11.4. The Kier molecular flexibility index (Phi) is 10.2. The van der Waals surface area contributed by atoms with E-state index in [-0.39, 0.29) is 5.82 Å². The fourth-order valence-electron chi connectivity index (χ4n) is 3.94. The smallest absolute Gasteiger partial charge is 0.261 e. The largest absolute Gasteiger partial charge is 0.385 e. The van der Waals surface area contributed by atoms with Crippen molar-refractivity contribution in [1.82, 2.24) is 15.1 Å². The van der Waals surface area contributed by atoms with Crippen molar-refractivity contribution < 1.29 is 13.7 Å². The summed E-state index contributed by atoms with van der Waals surface area (Å²) in [5, 5.41) is 4.75. The number of rotatable bonds is 5. The minimum Gasteiger partial charge on any atom is -0.385 e. The first-order chi connectivity index (χ1) is 15.9. The molecule has 1 fully saturated rings. The Morgan fingerprint density at radius 3 is 2.42 bits per heavy atom. The summed E-state index contributed by atoms with van der Waals surface area (Å²) in [5.41, 5.74) is 7.62. The summed E-state index contributed by atoms with van der Waals surface area (Å²) in [6, 6.07) is 3.60. The second kappa shape index (κ2) is 12.6. The van der Waals surface area contributed by atoms with Gasteiger partial charge in [-0.25, -0.2) is 9.37 Å². The third-order valence-electron chi connectivity index (χ3n) is 5.62. The summed E-state index contributed by atoms with van der Waals surface area (Å²) in [5.74, 6) is 2.08. The number of hydrogen-bond acceptors (Lipinski definition) is 7. The van der Waals surface area contributed by atoms with E-state index >= 15 is 0 Å². The van der Waals surface area contributed by atoms with Gasteiger partial charge in [-0.1, -0.05) is 25.9 Å². The molecule has 1 saturated heterocycles. The van der Waals surface area contributed by atoms with E-state index in [2.05, 4.69) is 34.6 Å². The molecule has 1 unspecified atom stereocenters. The van der Waals surface area contributed by atoms with Gasteiger partial charge in [0.25, 0.3) is 5.89 Å². The number of nitrogens with zero attached hydrogens (tertiary/aromatic N) is 4. The molecule has 8 heteroatoms. The van der Waals surface area contributed by atoms with Crippen LogP contribution in [0.25, 0.3) is 22.4 Å². The highest BCUT2D eigenvalue weighted by atomic mass is 19.1. The number of aromatic nitrogens is 3. The molecule has 3 heterocycles. The molecule has 0 saturated carbocycles. The minimum absolute atomic E-state index is 0.274. The molecule has 0 aliphatic carbocycles. The molecule has 33 heavy (non-hydrogen) atoms. The summed E-state index contributed by atoms with van der Waals surface area (Å²) < 4.78 is 24.9. The number of ether oxygens (including phenoxy) is 1. The second-order valence-corrected chi connectivity index (χ2v) is 8.24. The van der Waals surface area contributed by atoms with E-state index in [0.717, 1.165) is 66.9 Å². The third-order valence-corrected chi connectivity index (χ3v) is 5.62. The van der Waals surface area contributed by atoms with Crippen LogP contribution >= 0.6 is 0 Å². The average Bonchev–Trinajstić information content (AvgIpc) is 3.44. The maximum atomic E-state index is 14.8. The van der Waals surface area contributed by atoms with Gasteiger partial charge in [0.1, 0.15) is 17.2 Å². The Morgan fingerprint density at radius 2 is 1.94 bits per heavy atom. The van der Waals surface area contributed by atoms with Gasteiger partial charge in [-0.15, -0.1) is 0 Å². The topological polar surface area (TPSA) is 90.3 Å². The lowest BCUT2D eigenvalue weighted by Crippen LogP contribution is -2.22. The second-order valence-electron chi connectivity index (χ2n) is 8.24. The first-order valence-corrected chi connectivity index (χ1v) is 11.6. The SMILES string of the molecule is CCCOC.CCc1cc(F)c2nc(N3CCC(C)C3)c(-c3nc(C)no3)c(C)c2c1.CN. The zero-order chi connectivity index (χ0) is 24.5. The molecule has 0 spiro atoms. The van der Waals surface area contributed by atoms with Gasteiger partial charge < -0.3 is 19.9 Å². The van der Waals surface area contributed by atoms with Gasteiger partial charge in [0, 0.05) is 32.2 Å². The number of pyridine rings is 1. The van der Waals surface area contributed by atoms with Crippen LogP contribution in [0.3, 0.4) is 0 Å². The molecule has 1 aliphatic heterocycles. The highest BCUT2D eigenvalue weighted by Crippen LogP contribution is 2.38. The molecule has 3 aromatic rings. The first kappa shape index (κ1) is 26.7. The minimum atomic E-state index is -0.274. The Bertz CT molecular complexity index is 1040.